The first-order valence-corrected chi connectivity index (χ1v) is 5.39. The molecule has 0 aliphatic heterocycles. The van der Waals surface area contributed by atoms with Crippen LogP contribution in [0.1, 0.15) is 19.4 Å². The summed E-state index contributed by atoms with van der Waals surface area (Å²) in [6.45, 7) is 4.05. The Morgan fingerprint density at radius 3 is 2.53 bits per heavy atom. The van der Waals surface area contributed by atoms with Crippen LogP contribution in [-0.2, 0) is 4.79 Å². The third kappa shape index (κ3) is 4.78. The first-order chi connectivity index (χ1) is 7.93. The van der Waals surface area contributed by atoms with Gasteiger partial charge in [0.25, 0.3) is 0 Å². The summed E-state index contributed by atoms with van der Waals surface area (Å²) in [4.78, 5) is 11.5. The molecule has 1 rings (SSSR count). The highest BCUT2D eigenvalue weighted by atomic mass is 19.1. The molecule has 0 aromatic heterocycles. The van der Waals surface area contributed by atoms with Crippen LogP contribution < -0.4 is 11.1 Å². The van der Waals surface area contributed by atoms with Gasteiger partial charge in [-0.15, -0.1) is 0 Å². The first-order valence-electron chi connectivity index (χ1n) is 5.39. The molecular weight excluding hydrogens is 219 g/mol. The molecule has 0 fully saturated rings. The fourth-order valence-electron chi connectivity index (χ4n) is 1.17. The van der Waals surface area contributed by atoms with Crippen molar-refractivity contribution in [2.75, 3.05) is 6.54 Å². The standard InChI is InChI=1S/C13H17FN2O/c1-13(2,9-15)16-12(17)8-5-10-3-6-11(14)7-4-10/h3-8H,9,15H2,1-2H3,(H,16,17)/b8-5+. The molecule has 0 bridgehead atoms. The zero-order valence-electron chi connectivity index (χ0n) is 10.0. The molecule has 17 heavy (non-hydrogen) atoms. The summed E-state index contributed by atoms with van der Waals surface area (Å²) in [5.41, 5.74) is 5.84. The van der Waals surface area contributed by atoms with Crippen molar-refractivity contribution in [2.24, 2.45) is 5.73 Å². The number of hydrogen-bond acceptors (Lipinski definition) is 2. The Hall–Kier alpha value is -1.68. The molecule has 0 saturated carbocycles. The van der Waals surface area contributed by atoms with Crippen molar-refractivity contribution in [2.45, 2.75) is 19.4 Å². The van der Waals surface area contributed by atoms with Gasteiger partial charge < -0.3 is 11.1 Å². The molecule has 92 valence electrons. The largest absolute Gasteiger partial charge is 0.346 e. The third-order valence-corrected chi connectivity index (χ3v) is 2.27. The lowest BCUT2D eigenvalue weighted by atomic mass is 10.1. The van der Waals surface area contributed by atoms with Gasteiger partial charge in [0.05, 0.1) is 0 Å². The number of benzene rings is 1. The second kappa shape index (κ2) is 5.59. The third-order valence-electron chi connectivity index (χ3n) is 2.27. The lowest BCUT2D eigenvalue weighted by Crippen LogP contribution is -2.48. The minimum absolute atomic E-state index is 0.218. The van der Waals surface area contributed by atoms with E-state index in [-0.39, 0.29) is 11.7 Å². The van der Waals surface area contributed by atoms with Crippen LogP contribution in [0, 0.1) is 5.82 Å². The van der Waals surface area contributed by atoms with Gasteiger partial charge in [0.2, 0.25) is 5.91 Å². The average Bonchev–Trinajstić information content (AvgIpc) is 2.28. The second-order valence-corrected chi connectivity index (χ2v) is 4.46. The fraction of sp³-hybridized carbons (Fsp3) is 0.308. The van der Waals surface area contributed by atoms with Crippen molar-refractivity contribution >= 4 is 12.0 Å². The average molecular weight is 236 g/mol. The van der Waals surface area contributed by atoms with E-state index in [1.807, 2.05) is 13.8 Å². The summed E-state index contributed by atoms with van der Waals surface area (Å²) < 4.78 is 12.6. The van der Waals surface area contributed by atoms with Gasteiger partial charge in [-0.3, -0.25) is 4.79 Å². The van der Waals surface area contributed by atoms with Crippen molar-refractivity contribution in [3.63, 3.8) is 0 Å². The maximum Gasteiger partial charge on any atom is 0.244 e. The molecule has 3 nitrogen and oxygen atoms in total. The van der Waals surface area contributed by atoms with Crippen molar-refractivity contribution in [3.8, 4) is 0 Å². The van der Waals surface area contributed by atoms with Crippen molar-refractivity contribution in [1.29, 1.82) is 0 Å². The van der Waals surface area contributed by atoms with Gasteiger partial charge in [-0.1, -0.05) is 12.1 Å². The first kappa shape index (κ1) is 13.4. The number of nitrogens with two attached hydrogens (primary N) is 1. The van der Waals surface area contributed by atoms with Crippen LogP contribution in [0.3, 0.4) is 0 Å². The number of carbonyl (C=O) groups is 1. The number of halogens is 1. The van der Waals surface area contributed by atoms with Crippen LogP contribution in [0.4, 0.5) is 4.39 Å². The minimum atomic E-state index is -0.426. The summed E-state index contributed by atoms with van der Waals surface area (Å²) in [5.74, 6) is -0.513. The lowest BCUT2D eigenvalue weighted by Gasteiger charge is -2.23. The molecular formula is C13H17FN2O. The number of rotatable bonds is 4. The number of nitrogens with one attached hydrogen (secondary N) is 1. The maximum atomic E-state index is 12.6. The van der Waals surface area contributed by atoms with Crippen LogP contribution in [0.5, 0.6) is 0 Å². The van der Waals surface area contributed by atoms with E-state index < -0.39 is 5.54 Å². The van der Waals surface area contributed by atoms with Gasteiger partial charge in [-0.25, -0.2) is 4.39 Å². The molecule has 1 aromatic carbocycles. The molecule has 0 saturated heterocycles. The van der Waals surface area contributed by atoms with E-state index in [0.29, 0.717) is 6.54 Å². The van der Waals surface area contributed by atoms with E-state index in [1.54, 1.807) is 18.2 Å². The SMILES string of the molecule is CC(C)(CN)NC(=O)/C=C/c1ccc(F)cc1. The Balaban J connectivity index is 2.60. The van der Waals surface area contributed by atoms with Gasteiger partial charge in [0.1, 0.15) is 5.82 Å². The minimum Gasteiger partial charge on any atom is -0.346 e. The van der Waals surface area contributed by atoms with Crippen molar-refractivity contribution < 1.29 is 9.18 Å². The van der Waals surface area contributed by atoms with E-state index in [4.69, 9.17) is 5.73 Å². The molecule has 0 unspecified atom stereocenters. The van der Waals surface area contributed by atoms with E-state index in [2.05, 4.69) is 5.32 Å². The molecule has 0 spiro atoms. The van der Waals surface area contributed by atoms with Crippen molar-refractivity contribution in [3.05, 3.63) is 41.7 Å². The van der Waals surface area contributed by atoms with Crippen LogP contribution in [0.25, 0.3) is 6.08 Å². The predicted octanol–water partition coefficient (Wildman–Crippen LogP) is 1.69. The lowest BCUT2D eigenvalue weighted by molar-refractivity contribution is -0.117. The molecule has 1 amide bonds. The van der Waals surface area contributed by atoms with Crippen LogP contribution in [0.2, 0.25) is 0 Å². The molecule has 1 aromatic rings. The summed E-state index contributed by atoms with van der Waals surface area (Å²) in [6.07, 6.45) is 3.03. The summed E-state index contributed by atoms with van der Waals surface area (Å²) in [6, 6.07) is 5.91. The van der Waals surface area contributed by atoms with Gasteiger partial charge in [-0.05, 0) is 37.6 Å². The van der Waals surface area contributed by atoms with E-state index in [1.165, 1.54) is 18.2 Å². The number of amides is 1. The predicted molar refractivity (Wildman–Crippen MR) is 66.7 cm³/mol. The molecule has 0 atom stereocenters. The highest BCUT2D eigenvalue weighted by Gasteiger charge is 2.16. The summed E-state index contributed by atoms with van der Waals surface area (Å²) in [7, 11) is 0. The van der Waals surface area contributed by atoms with E-state index in [9.17, 15) is 9.18 Å². The Bertz CT molecular complexity index is 410. The van der Waals surface area contributed by atoms with Gasteiger partial charge >= 0.3 is 0 Å². The number of carbonyl (C=O) groups excluding carboxylic acids is 1. The Kier molecular flexibility index (Phi) is 4.40. The second-order valence-electron chi connectivity index (χ2n) is 4.46. The molecule has 0 heterocycles. The monoisotopic (exact) mass is 236 g/mol. The van der Waals surface area contributed by atoms with Gasteiger partial charge in [0.15, 0.2) is 0 Å². The highest BCUT2D eigenvalue weighted by molar-refractivity contribution is 5.92. The van der Waals surface area contributed by atoms with Crippen molar-refractivity contribution in [1.82, 2.24) is 5.32 Å². The smallest absolute Gasteiger partial charge is 0.244 e. The summed E-state index contributed by atoms with van der Waals surface area (Å²) in [5, 5.41) is 2.76. The fourth-order valence-corrected chi connectivity index (χ4v) is 1.17. The molecule has 4 heteroatoms. The Morgan fingerprint density at radius 2 is 2.00 bits per heavy atom. The number of hydrogen-bond donors (Lipinski definition) is 2. The van der Waals surface area contributed by atoms with E-state index >= 15 is 0 Å². The quantitative estimate of drug-likeness (QED) is 0.782. The molecule has 0 aliphatic rings. The van der Waals surface area contributed by atoms with Gasteiger partial charge in [-0.2, -0.15) is 0 Å². The molecule has 0 radical (unpaired) electrons. The van der Waals surface area contributed by atoms with Crippen LogP contribution in [-0.4, -0.2) is 18.0 Å². The maximum absolute atomic E-state index is 12.6. The highest BCUT2D eigenvalue weighted by Crippen LogP contribution is 2.05. The molecule has 3 N–H and O–H groups in total. The zero-order chi connectivity index (χ0) is 12.9. The Labute approximate surface area is 101 Å². The van der Waals surface area contributed by atoms with Crippen LogP contribution >= 0.6 is 0 Å². The topological polar surface area (TPSA) is 55.1 Å². The normalized spacial score (nSPS) is 11.8. The zero-order valence-corrected chi connectivity index (χ0v) is 10.0. The van der Waals surface area contributed by atoms with Crippen LogP contribution in [0.15, 0.2) is 30.3 Å². The summed E-state index contributed by atoms with van der Waals surface area (Å²) >= 11 is 0. The molecule has 0 aliphatic carbocycles. The Morgan fingerprint density at radius 1 is 1.41 bits per heavy atom. The van der Waals surface area contributed by atoms with E-state index in [0.717, 1.165) is 5.56 Å². The van der Waals surface area contributed by atoms with Gasteiger partial charge in [0, 0.05) is 18.2 Å².